The molecule has 3 heteroatoms. The maximum Gasteiger partial charge on any atom is 0.246 e. The molecule has 0 bridgehead atoms. The normalized spacial score (nSPS) is 12.5. The molecule has 0 saturated heterocycles. The Bertz CT molecular complexity index is 335. The number of hydrogen-bond donors (Lipinski definition) is 1. The summed E-state index contributed by atoms with van der Waals surface area (Å²) in [6.45, 7) is 5.97. The second-order valence-corrected chi connectivity index (χ2v) is 4.52. The Hall–Kier alpha value is -1.35. The van der Waals surface area contributed by atoms with Gasteiger partial charge in [0.15, 0.2) is 0 Å². The average molecular weight is 235 g/mol. The highest BCUT2D eigenvalue weighted by molar-refractivity contribution is 5.77. The molecule has 0 aliphatic heterocycles. The molecule has 1 rings (SSSR count). The zero-order valence-corrected chi connectivity index (χ0v) is 10.8. The van der Waals surface area contributed by atoms with Gasteiger partial charge in [0.25, 0.3) is 0 Å². The predicted molar refractivity (Wildman–Crippen MR) is 68.8 cm³/mol. The molecular formula is C14H21NO2. The van der Waals surface area contributed by atoms with Crippen LogP contribution in [0.1, 0.15) is 26.3 Å². The van der Waals surface area contributed by atoms with Crippen LogP contribution in [0.5, 0.6) is 0 Å². The van der Waals surface area contributed by atoms with Gasteiger partial charge in [-0.1, -0.05) is 30.3 Å². The molecule has 17 heavy (non-hydrogen) atoms. The molecule has 1 amide bonds. The molecule has 0 saturated carbocycles. The zero-order valence-electron chi connectivity index (χ0n) is 10.8. The first-order valence-corrected chi connectivity index (χ1v) is 6.03. The zero-order chi connectivity index (χ0) is 12.7. The van der Waals surface area contributed by atoms with Gasteiger partial charge in [-0.15, -0.1) is 0 Å². The van der Waals surface area contributed by atoms with Crippen LogP contribution in [0.25, 0.3) is 0 Å². The van der Waals surface area contributed by atoms with Crippen molar-refractivity contribution in [2.24, 2.45) is 0 Å². The van der Waals surface area contributed by atoms with Crippen LogP contribution in [0.15, 0.2) is 30.3 Å². The minimum absolute atomic E-state index is 0.0536. The van der Waals surface area contributed by atoms with Gasteiger partial charge in [-0.3, -0.25) is 4.79 Å². The van der Waals surface area contributed by atoms with Crippen LogP contribution >= 0.6 is 0 Å². The van der Waals surface area contributed by atoms with Crippen molar-refractivity contribution in [1.29, 1.82) is 0 Å². The Labute approximate surface area is 103 Å². The number of nitrogens with one attached hydrogen (secondary N) is 1. The van der Waals surface area contributed by atoms with Crippen molar-refractivity contribution in [2.45, 2.75) is 39.3 Å². The van der Waals surface area contributed by atoms with E-state index >= 15 is 0 Å². The molecule has 0 aromatic heterocycles. The summed E-state index contributed by atoms with van der Waals surface area (Å²) in [5.41, 5.74) is 1.23. The van der Waals surface area contributed by atoms with E-state index in [2.05, 4.69) is 17.4 Å². The Kier molecular flexibility index (Phi) is 5.70. The highest BCUT2D eigenvalue weighted by Crippen LogP contribution is 2.02. The van der Waals surface area contributed by atoms with Gasteiger partial charge >= 0.3 is 0 Å². The lowest BCUT2D eigenvalue weighted by Crippen LogP contribution is -2.37. The lowest BCUT2D eigenvalue weighted by Gasteiger charge is -2.14. The molecule has 0 aliphatic rings. The van der Waals surface area contributed by atoms with Crippen molar-refractivity contribution in [3.63, 3.8) is 0 Å². The summed E-state index contributed by atoms with van der Waals surface area (Å²) in [5, 5.41) is 2.92. The molecule has 3 nitrogen and oxygen atoms in total. The molecule has 94 valence electrons. The monoisotopic (exact) mass is 235 g/mol. The largest absolute Gasteiger partial charge is 0.369 e. The van der Waals surface area contributed by atoms with Gasteiger partial charge in [0, 0.05) is 6.04 Å². The fourth-order valence-electron chi connectivity index (χ4n) is 1.58. The molecule has 0 spiro atoms. The highest BCUT2D eigenvalue weighted by Gasteiger charge is 2.08. The standard InChI is InChI=1S/C14H21NO2/c1-11(2)17-10-14(16)15-12(3)9-13-7-5-4-6-8-13/h4-8,11-12H,9-10H2,1-3H3,(H,15,16). The smallest absolute Gasteiger partial charge is 0.246 e. The van der Waals surface area contributed by atoms with E-state index in [4.69, 9.17) is 4.74 Å². The number of carbonyl (C=O) groups excluding carboxylic acids is 1. The summed E-state index contributed by atoms with van der Waals surface area (Å²) in [6, 6.07) is 10.3. The summed E-state index contributed by atoms with van der Waals surface area (Å²) < 4.78 is 5.24. The van der Waals surface area contributed by atoms with E-state index in [1.165, 1.54) is 5.56 Å². The lowest BCUT2D eigenvalue weighted by atomic mass is 10.1. The van der Waals surface area contributed by atoms with Gasteiger partial charge in [0.2, 0.25) is 5.91 Å². The first-order valence-electron chi connectivity index (χ1n) is 6.03. The molecule has 0 fully saturated rings. The Balaban J connectivity index is 2.29. The molecule has 0 heterocycles. The highest BCUT2D eigenvalue weighted by atomic mass is 16.5. The lowest BCUT2D eigenvalue weighted by molar-refractivity contribution is -0.127. The van der Waals surface area contributed by atoms with E-state index in [0.29, 0.717) is 0 Å². The van der Waals surface area contributed by atoms with Crippen molar-refractivity contribution in [3.8, 4) is 0 Å². The molecule has 0 aliphatic carbocycles. The molecule has 0 radical (unpaired) electrons. The third kappa shape index (κ3) is 6.07. The van der Waals surface area contributed by atoms with Crippen molar-refractivity contribution in [1.82, 2.24) is 5.32 Å². The number of ether oxygens (including phenoxy) is 1. The van der Waals surface area contributed by atoms with Gasteiger partial charge < -0.3 is 10.1 Å². The summed E-state index contributed by atoms with van der Waals surface area (Å²) >= 11 is 0. The molecular weight excluding hydrogens is 214 g/mol. The van der Waals surface area contributed by atoms with Crippen LogP contribution < -0.4 is 5.32 Å². The maximum absolute atomic E-state index is 11.5. The van der Waals surface area contributed by atoms with Crippen molar-refractivity contribution in [2.75, 3.05) is 6.61 Å². The van der Waals surface area contributed by atoms with E-state index in [1.54, 1.807) is 0 Å². The third-order valence-electron chi connectivity index (χ3n) is 2.34. The van der Waals surface area contributed by atoms with Crippen LogP contribution in [-0.4, -0.2) is 24.7 Å². The minimum atomic E-state index is -0.0536. The Morgan fingerprint density at radius 2 is 1.88 bits per heavy atom. The van der Waals surface area contributed by atoms with E-state index < -0.39 is 0 Å². The molecule has 1 aromatic rings. The maximum atomic E-state index is 11.5. The van der Waals surface area contributed by atoms with E-state index in [1.807, 2.05) is 39.0 Å². The quantitative estimate of drug-likeness (QED) is 0.820. The van der Waals surface area contributed by atoms with Crippen LogP contribution in [0.4, 0.5) is 0 Å². The van der Waals surface area contributed by atoms with Crippen molar-refractivity contribution in [3.05, 3.63) is 35.9 Å². The minimum Gasteiger partial charge on any atom is -0.369 e. The van der Waals surface area contributed by atoms with Crippen LogP contribution in [-0.2, 0) is 16.0 Å². The number of benzene rings is 1. The second-order valence-electron chi connectivity index (χ2n) is 4.52. The van der Waals surface area contributed by atoms with Crippen molar-refractivity contribution >= 4 is 5.91 Å². The van der Waals surface area contributed by atoms with E-state index in [9.17, 15) is 4.79 Å². The van der Waals surface area contributed by atoms with Gasteiger partial charge in [0.05, 0.1) is 6.10 Å². The van der Waals surface area contributed by atoms with E-state index in [0.717, 1.165) is 6.42 Å². The summed E-state index contributed by atoms with van der Waals surface area (Å²) in [4.78, 5) is 11.5. The van der Waals surface area contributed by atoms with Gasteiger partial charge in [-0.25, -0.2) is 0 Å². The summed E-state index contributed by atoms with van der Waals surface area (Å²) in [7, 11) is 0. The van der Waals surface area contributed by atoms with Crippen LogP contribution in [0, 0.1) is 0 Å². The van der Waals surface area contributed by atoms with Crippen LogP contribution in [0.3, 0.4) is 0 Å². The summed E-state index contributed by atoms with van der Waals surface area (Å²) in [5.74, 6) is -0.0536. The fourth-order valence-corrected chi connectivity index (χ4v) is 1.58. The fraction of sp³-hybridized carbons (Fsp3) is 0.500. The molecule has 1 N–H and O–H groups in total. The first-order chi connectivity index (χ1) is 8.08. The second kappa shape index (κ2) is 7.07. The molecule has 1 aromatic carbocycles. The number of rotatable bonds is 6. The molecule has 1 atom stereocenters. The Morgan fingerprint density at radius 1 is 1.24 bits per heavy atom. The van der Waals surface area contributed by atoms with E-state index in [-0.39, 0.29) is 24.7 Å². The van der Waals surface area contributed by atoms with Gasteiger partial charge in [-0.2, -0.15) is 0 Å². The van der Waals surface area contributed by atoms with Crippen LogP contribution in [0.2, 0.25) is 0 Å². The third-order valence-corrected chi connectivity index (χ3v) is 2.34. The molecule has 1 unspecified atom stereocenters. The first kappa shape index (κ1) is 13.7. The SMILES string of the molecule is CC(Cc1ccccc1)NC(=O)COC(C)C. The Morgan fingerprint density at radius 3 is 2.47 bits per heavy atom. The van der Waals surface area contributed by atoms with Gasteiger partial charge in [-0.05, 0) is 32.8 Å². The summed E-state index contributed by atoms with van der Waals surface area (Å²) in [6.07, 6.45) is 0.930. The predicted octanol–water partition coefficient (Wildman–Crippen LogP) is 2.16. The average Bonchev–Trinajstić information content (AvgIpc) is 2.27. The van der Waals surface area contributed by atoms with Gasteiger partial charge in [0.1, 0.15) is 6.61 Å². The van der Waals surface area contributed by atoms with Crippen molar-refractivity contribution < 1.29 is 9.53 Å². The number of amides is 1. The topological polar surface area (TPSA) is 38.3 Å². The number of hydrogen-bond acceptors (Lipinski definition) is 2. The number of carbonyl (C=O) groups is 1.